The van der Waals surface area contributed by atoms with Crippen LogP contribution in [0.25, 0.3) is 0 Å². The summed E-state index contributed by atoms with van der Waals surface area (Å²) in [5.41, 5.74) is 6.28. The molecule has 132 valence electrons. The third kappa shape index (κ3) is 5.89. The Kier molecular flexibility index (Phi) is 6.47. The Bertz CT molecular complexity index is 719. The summed E-state index contributed by atoms with van der Waals surface area (Å²) in [5, 5.41) is 5.22. The highest BCUT2D eigenvalue weighted by atomic mass is 16.5. The molecule has 0 saturated heterocycles. The minimum absolute atomic E-state index is 0.00323. The van der Waals surface area contributed by atoms with Crippen molar-refractivity contribution in [2.45, 2.75) is 19.9 Å². The van der Waals surface area contributed by atoms with Gasteiger partial charge in [-0.2, -0.15) is 0 Å². The largest absolute Gasteiger partial charge is 0.439 e. The molecule has 0 unspecified atom stereocenters. The van der Waals surface area contributed by atoms with Crippen LogP contribution in [0.2, 0.25) is 0 Å². The number of aromatic nitrogens is 1. The smallest absolute Gasteiger partial charge is 0.243 e. The lowest BCUT2D eigenvalue weighted by molar-refractivity contribution is -0.125. The first-order valence-corrected chi connectivity index (χ1v) is 7.98. The van der Waals surface area contributed by atoms with E-state index in [2.05, 4.69) is 15.6 Å². The summed E-state index contributed by atoms with van der Waals surface area (Å²) in [7, 11) is 0. The van der Waals surface area contributed by atoms with Crippen molar-refractivity contribution in [2.75, 3.05) is 11.9 Å². The van der Waals surface area contributed by atoms with E-state index in [9.17, 15) is 9.59 Å². The average Bonchev–Trinajstić information content (AvgIpc) is 2.60. The van der Waals surface area contributed by atoms with Gasteiger partial charge in [-0.05, 0) is 24.1 Å². The van der Waals surface area contributed by atoms with Gasteiger partial charge in [0.25, 0.3) is 0 Å². The van der Waals surface area contributed by atoms with Gasteiger partial charge in [0, 0.05) is 24.0 Å². The van der Waals surface area contributed by atoms with Gasteiger partial charge >= 0.3 is 0 Å². The molecule has 0 spiro atoms. The van der Waals surface area contributed by atoms with Crippen LogP contribution in [-0.4, -0.2) is 29.4 Å². The number of benzene rings is 1. The summed E-state index contributed by atoms with van der Waals surface area (Å²) >= 11 is 0. The van der Waals surface area contributed by atoms with Crippen molar-refractivity contribution < 1.29 is 14.3 Å². The van der Waals surface area contributed by atoms with Crippen LogP contribution in [0.3, 0.4) is 0 Å². The Balaban J connectivity index is 1.89. The number of pyridine rings is 1. The molecule has 1 atom stereocenters. The Hall–Kier alpha value is -2.93. The van der Waals surface area contributed by atoms with Crippen LogP contribution in [0.4, 0.5) is 5.69 Å². The zero-order chi connectivity index (χ0) is 18.2. The molecule has 1 aromatic carbocycles. The lowest BCUT2D eigenvalue weighted by Crippen LogP contribution is -2.46. The second kappa shape index (κ2) is 8.79. The molecule has 0 aliphatic heterocycles. The number of carbonyl (C=O) groups excluding carboxylic acids is 2. The third-order valence-corrected chi connectivity index (χ3v) is 3.42. The molecule has 7 heteroatoms. The minimum atomic E-state index is -0.636. The molecule has 7 nitrogen and oxygen atoms in total. The van der Waals surface area contributed by atoms with Crippen LogP contribution < -0.4 is 21.1 Å². The van der Waals surface area contributed by atoms with Crippen LogP contribution >= 0.6 is 0 Å². The molecule has 2 amide bonds. The summed E-state index contributed by atoms with van der Waals surface area (Å²) in [6, 6.07) is 11.6. The topological polar surface area (TPSA) is 106 Å². The van der Waals surface area contributed by atoms with E-state index < -0.39 is 6.04 Å². The van der Waals surface area contributed by atoms with Gasteiger partial charge in [0.2, 0.25) is 17.7 Å². The van der Waals surface area contributed by atoms with E-state index in [1.54, 1.807) is 42.6 Å². The van der Waals surface area contributed by atoms with Crippen molar-refractivity contribution >= 4 is 17.5 Å². The highest BCUT2D eigenvalue weighted by Crippen LogP contribution is 2.22. The van der Waals surface area contributed by atoms with E-state index in [-0.39, 0.29) is 24.3 Å². The van der Waals surface area contributed by atoms with Gasteiger partial charge in [-0.25, -0.2) is 4.98 Å². The van der Waals surface area contributed by atoms with Gasteiger partial charge in [-0.1, -0.05) is 26.0 Å². The molecule has 0 bridgehead atoms. The summed E-state index contributed by atoms with van der Waals surface area (Å²) in [5.74, 6) is 0.309. The van der Waals surface area contributed by atoms with Crippen molar-refractivity contribution in [3.05, 3.63) is 48.7 Å². The van der Waals surface area contributed by atoms with Gasteiger partial charge in [0.05, 0.1) is 12.6 Å². The van der Waals surface area contributed by atoms with Crippen molar-refractivity contribution in [3.8, 4) is 11.6 Å². The van der Waals surface area contributed by atoms with Crippen LogP contribution in [0.5, 0.6) is 11.6 Å². The maximum Gasteiger partial charge on any atom is 0.243 e. The molecule has 0 aliphatic carbocycles. The number of rotatable bonds is 7. The number of anilines is 1. The summed E-state index contributed by atoms with van der Waals surface area (Å²) < 4.78 is 5.61. The molecule has 0 fully saturated rings. The molecular weight excluding hydrogens is 320 g/mol. The fourth-order valence-electron chi connectivity index (χ4n) is 1.96. The van der Waals surface area contributed by atoms with Crippen molar-refractivity contribution in [1.82, 2.24) is 10.3 Å². The molecule has 0 saturated carbocycles. The molecule has 1 aromatic heterocycles. The van der Waals surface area contributed by atoms with E-state index in [4.69, 9.17) is 10.5 Å². The van der Waals surface area contributed by atoms with E-state index in [0.717, 1.165) is 0 Å². The zero-order valence-corrected chi connectivity index (χ0v) is 14.2. The van der Waals surface area contributed by atoms with Crippen LogP contribution in [0.15, 0.2) is 48.7 Å². The number of amides is 2. The maximum absolute atomic E-state index is 12.0. The molecular formula is C18H22N4O3. The Morgan fingerprint density at radius 3 is 2.68 bits per heavy atom. The lowest BCUT2D eigenvalue weighted by atomic mass is 10.1. The Morgan fingerprint density at radius 2 is 2.00 bits per heavy atom. The number of nitrogens with two attached hydrogens (primary N) is 1. The van der Waals surface area contributed by atoms with Crippen molar-refractivity contribution in [2.24, 2.45) is 11.7 Å². The predicted octanol–water partition coefficient (Wildman–Crippen LogP) is 1.91. The van der Waals surface area contributed by atoms with E-state index >= 15 is 0 Å². The van der Waals surface area contributed by atoms with Gasteiger partial charge in [0.1, 0.15) is 5.75 Å². The number of ether oxygens (including phenoxy) is 1. The lowest BCUT2D eigenvalue weighted by Gasteiger charge is -2.15. The fourth-order valence-corrected chi connectivity index (χ4v) is 1.96. The highest BCUT2D eigenvalue weighted by Gasteiger charge is 2.17. The van der Waals surface area contributed by atoms with Gasteiger partial charge < -0.3 is 21.1 Å². The summed E-state index contributed by atoms with van der Waals surface area (Å²) in [4.78, 5) is 27.8. The zero-order valence-electron chi connectivity index (χ0n) is 14.2. The van der Waals surface area contributed by atoms with Crippen molar-refractivity contribution in [1.29, 1.82) is 0 Å². The first-order valence-electron chi connectivity index (χ1n) is 7.98. The number of nitrogens with zero attached hydrogens (tertiary/aromatic N) is 1. The van der Waals surface area contributed by atoms with E-state index in [1.165, 1.54) is 0 Å². The van der Waals surface area contributed by atoms with Crippen LogP contribution in [0.1, 0.15) is 13.8 Å². The quantitative estimate of drug-likeness (QED) is 0.713. The average molecular weight is 342 g/mol. The summed E-state index contributed by atoms with van der Waals surface area (Å²) in [6.45, 7) is 3.54. The Morgan fingerprint density at radius 1 is 1.20 bits per heavy atom. The van der Waals surface area contributed by atoms with Gasteiger partial charge in [0.15, 0.2) is 0 Å². The monoisotopic (exact) mass is 342 g/mol. The number of hydrogen-bond donors (Lipinski definition) is 3. The van der Waals surface area contributed by atoms with Gasteiger partial charge in [-0.3, -0.25) is 9.59 Å². The summed E-state index contributed by atoms with van der Waals surface area (Å²) in [6.07, 6.45) is 1.63. The molecule has 0 radical (unpaired) electrons. The molecule has 2 rings (SSSR count). The highest BCUT2D eigenvalue weighted by molar-refractivity contribution is 5.95. The number of nitrogens with one attached hydrogen (secondary N) is 2. The molecule has 25 heavy (non-hydrogen) atoms. The third-order valence-electron chi connectivity index (χ3n) is 3.42. The molecule has 2 aromatic rings. The predicted molar refractivity (Wildman–Crippen MR) is 95.2 cm³/mol. The fraction of sp³-hybridized carbons (Fsp3) is 0.278. The van der Waals surface area contributed by atoms with E-state index in [0.29, 0.717) is 17.3 Å². The standard InChI is InChI=1S/C18H22N4O3/c1-12(2)17(19)18(24)21-11-15(23)22-13-6-5-7-14(10-13)25-16-8-3-4-9-20-16/h3-10,12,17H,11,19H2,1-2H3,(H,21,24)(H,22,23)/t17-/m0/s1. The maximum atomic E-state index is 12.0. The molecule has 0 aliphatic rings. The first-order chi connectivity index (χ1) is 12.0. The molecule has 1 heterocycles. The van der Waals surface area contributed by atoms with E-state index in [1.807, 2.05) is 19.9 Å². The SMILES string of the molecule is CC(C)[C@H](N)C(=O)NCC(=O)Nc1cccc(Oc2ccccn2)c1. The van der Waals surface area contributed by atoms with Crippen LogP contribution in [-0.2, 0) is 9.59 Å². The second-order valence-electron chi connectivity index (χ2n) is 5.83. The minimum Gasteiger partial charge on any atom is -0.439 e. The number of hydrogen-bond acceptors (Lipinski definition) is 5. The first kappa shape index (κ1) is 18.4. The normalized spacial score (nSPS) is 11.7. The molecule has 4 N–H and O–H groups in total. The van der Waals surface area contributed by atoms with Crippen LogP contribution in [0, 0.1) is 5.92 Å². The van der Waals surface area contributed by atoms with Crippen molar-refractivity contribution in [3.63, 3.8) is 0 Å². The number of carbonyl (C=O) groups is 2. The van der Waals surface area contributed by atoms with Gasteiger partial charge in [-0.15, -0.1) is 0 Å². The second-order valence-corrected chi connectivity index (χ2v) is 5.83. The Labute approximate surface area is 146 Å².